The molecule has 1 aromatic heterocycles. The molecule has 1 unspecified atom stereocenters. The molecule has 0 aliphatic heterocycles. The number of rotatable bonds is 3. The summed E-state index contributed by atoms with van der Waals surface area (Å²) in [5.41, 5.74) is 1.09. The minimum atomic E-state index is 0.205. The van der Waals surface area contributed by atoms with Crippen LogP contribution < -0.4 is 0 Å². The highest BCUT2D eigenvalue weighted by Gasteiger charge is 2.49. The molecule has 1 aromatic rings. The number of hydrogen-bond donors (Lipinski definition) is 0. The summed E-state index contributed by atoms with van der Waals surface area (Å²) in [4.78, 5) is 15.8. The van der Waals surface area contributed by atoms with Crippen LogP contribution in [0.1, 0.15) is 25.8 Å². The lowest BCUT2D eigenvalue weighted by Gasteiger charge is -2.04. The van der Waals surface area contributed by atoms with Gasteiger partial charge in [0, 0.05) is 24.7 Å². The minimum absolute atomic E-state index is 0.205. The smallest absolute Gasteiger partial charge is 0.140 e. The SMILES string of the molecule is CC1(C)CC1C(=O)Cc1ccncc1Cl. The zero-order chi connectivity index (χ0) is 11.1. The van der Waals surface area contributed by atoms with Gasteiger partial charge in [0.1, 0.15) is 5.78 Å². The van der Waals surface area contributed by atoms with E-state index in [4.69, 9.17) is 11.6 Å². The Hall–Kier alpha value is -0.890. The maximum atomic E-state index is 11.9. The van der Waals surface area contributed by atoms with Gasteiger partial charge in [0.15, 0.2) is 0 Å². The second kappa shape index (κ2) is 3.60. The predicted molar refractivity (Wildman–Crippen MR) is 59.8 cm³/mol. The van der Waals surface area contributed by atoms with Crippen LogP contribution in [-0.2, 0) is 11.2 Å². The average Bonchev–Trinajstić information content (AvgIpc) is 2.79. The van der Waals surface area contributed by atoms with E-state index in [2.05, 4.69) is 18.8 Å². The Labute approximate surface area is 94.7 Å². The van der Waals surface area contributed by atoms with Gasteiger partial charge in [0.2, 0.25) is 0 Å². The monoisotopic (exact) mass is 223 g/mol. The first-order chi connectivity index (χ1) is 7.00. The van der Waals surface area contributed by atoms with Crippen LogP contribution in [0.25, 0.3) is 0 Å². The normalized spacial score (nSPS) is 22.5. The lowest BCUT2D eigenvalue weighted by atomic mass is 10.0. The first-order valence-electron chi connectivity index (χ1n) is 5.12. The number of carbonyl (C=O) groups excluding carboxylic acids is 1. The van der Waals surface area contributed by atoms with Gasteiger partial charge in [-0.3, -0.25) is 9.78 Å². The minimum Gasteiger partial charge on any atom is -0.299 e. The molecule has 0 radical (unpaired) electrons. The zero-order valence-corrected chi connectivity index (χ0v) is 9.71. The van der Waals surface area contributed by atoms with Crippen molar-refractivity contribution in [2.75, 3.05) is 0 Å². The highest BCUT2D eigenvalue weighted by molar-refractivity contribution is 6.31. The van der Waals surface area contributed by atoms with Crippen LogP contribution in [0.4, 0.5) is 0 Å². The van der Waals surface area contributed by atoms with Crippen molar-refractivity contribution in [2.45, 2.75) is 26.7 Å². The third-order valence-corrected chi connectivity index (χ3v) is 3.46. The number of pyridine rings is 1. The molecule has 0 N–H and O–H groups in total. The summed E-state index contributed by atoms with van der Waals surface area (Å²) in [7, 11) is 0. The number of nitrogens with zero attached hydrogens (tertiary/aromatic N) is 1. The van der Waals surface area contributed by atoms with Crippen molar-refractivity contribution in [3.63, 3.8) is 0 Å². The van der Waals surface area contributed by atoms with Crippen LogP contribution in [0, 0.1) is 11.3 Å². The van der Waals surface area contributed by atoms with E-state index in [1.165, 1.54) is 0 Å². The summed E-state index contributed by atoms with van der Waals surface area (Å²) in [6.45, 7) is 4.26. The Bertz CT molecular complexity index is 400. The van der Waals surface area contributed by atoms with Gasteiger partial charge >= 0.3 is 0 Å². The van der Waals surface area contributed by atoms with Gasteiger partial charge in [-0.05, 0) is 23.5 Å². The van der Waals surface area contributed by atoms with Crippen LogP contribution >= 0.6 is 11.6 Å². The van der Waals surface area contributed by atoms with E-state index in [1.54, 1.807) is 12.4 Å². The van der Waals surface area contributed by atoms with Crippen LogP contribution in [-0.4, -0.2) is 10.8 Å². The fraction of sp³-hybridized carbons (Fsp3) is 0.500. The first kappa shape index (κ1) is 10.6. The highest BCUT2D eigenvalue weighted by Crippen LogP contribution is 2.52. The summed E-state index contributed by atoms with van der Waals surface area (Å²) in [6, 6.07) is 1.82. The van der Waals surface area contributed by atoms with Crippen molar-refractivity contribution < 1.29 is 4.79 Å². The topological polar surface area (TPSA) is 30.0 Å². The summed E-state index contributed by atoms with van der Waals surface area (Å²) in [5.74, 6) is 0.523. The van der Waals surface area contributed by atoms with E-state index in [-0.39, 0.29) is 11.3 Å². The summed E-state index contributed by atoms with van der Waals surface area (Å²) in [6.07, 6.45) is 4.71. The van der Waals surface area contributed by atoms with Crippen LogP contribution in [0.15, 0.2) is 18.5 Å². The highest BCUT2D eigenvalue weighted by atomic mass is 35.5. The molecule has 0 aromatic carbocycles. The number of hydrogen-bond acceptors (Lipinski definition) is 2. The Morgan fingerprint density at radius 1 is 1.67 bits per heavy atom. The Balaban J connectivity index is 2.05. The lowest BCUT2D eigenvalue weighted by Crippen LogP contribution is -2.09. The Kier molecular flexibility index (Phi) is 2.55. The molecule has 2 nitrogen and oxygen atoms in total. The van der Waals surface area contributed by atoms with Crippen molar-refractivity contribution >= 4 is 17.4 Å². The fourth-order valence-corrected chi connectivity index (χ4v) is 2.06. The molecule has 1 atom stereocenters. The molecule has 2 rings (SSSR count). The van der Waals surface area contributed by atoms with Crippen molar-refractivity contribution in [1.29, 1.82) is 0 Å². The molecule has 1 fully saturated rings. The maximum absolute atomic E-state index is 11.9. The predicted octanol–water partition coefficient (Wildman–Crippen LogP) is 2.89. The van der Waals surface area contributed by atoms with E-state index in [9.17, 15) is 4.79 Å². The molecule has 0 spiro atoms. The first-order valence-corrected chi connectivity index (χ1v) is 5.49. The van der Waals surface area contributed by atoms with Gasteiger partial charge in [-0.1, -0.05) is 25.4 Å². The number of aromatic nitrogens is 1. The third kappa shape index (κ3) is 2.20. The molecule has 1 aliphatic rings. The molecule has 80 valence electrons. The van der Waals surface area contributed by atoms with Gasteiger partial charge in [-0.2, -0.15) is 0 Å². The maximum Gasteiger partial charge on any atom is 0.140 e. The summed E-state index contributed by atoms with van der Waals surface area (Å²) >= 11 is 5.95. The second-order valence-electron chi connectivity index (χ2n) is 4.86. The summed E-state index contributed by atoms with van der Waals surface area (Å²) in [5, 5.41) is 0.587. The van der Waals surface area contributed by atoms with Crippen molar-refractivity contribution in [2.24, 2.45) is 11.3 Å². The zero-order valence-electron chi connectivity index (χ0n) is 8.96. The Morgan fingerprint density at radius 3 is 2.87 bits per heavy atom. The number of halogens is 1. The van der Waals surface area contributed by atoms with Gasteiger partial charge in [0.05, 0.1) is 5.02 Å². The van der Waals surface area contributed by atoms with Crippen molar-refractivity contribution in [3.05, 3.63) is 29.0 Å². The average molecular weight is 224 g/mol. The number of carbonyl (C=O) groups is 1. The molecular formula is C12H14ClNO. The molecule has 1 aliphatic carbocycles. The number of ketones is 1. The van der Waals surface area contributed by atoms with E-state index in [1.807, 2.05) is 6.07 Å². The molecule has 0 saturated heterocycles. The molecule has 15 heavy (non-hydrogen) atoms. The van der Waals surface area contributed by atoms with Gasteiger partial charge in [-0.25, -0.2) is 0 Å². The van der Waals surface area contributed by atoms with Crippen LogP contribution in [0.2, 0.25) is 5.02 Å². The van der Waals surface area contributed by atoms with Crippen LogP contribution in [0.3, 0.4) is 0 Å². The summed E-state index contributed by atoms with van der Waals surface area (Å²) < 4.78 is 0. The van der Waals surface area contributed by atoms with E-state index in [0.717, 1.165) is 12.0 Å². The number of Topliss-reactive ketones (excluding diaryl/α,β-unsaturated/α-hetero) is 1. The van der Waals surface area contributed by atoms with Crippen molar-refractivity contribution in [3.8, 4) is 0 Å². The molecule has 0 amide bonds. The molecule has 3 heteroatoms. The lowest BCUT2D eigenvalue weighted by molar-refractivity contribution is -0.120. The third-order valence-electron chi connectivity index (χ3n) is 3.12. The van der Waals surface area contributed by atoms with Crippen molar-refractivity contribution in [1.82, 2.24) is 4.98 Å². The molecule has 0 bridgehead atoms. The largest absolute Gasteiger partial charge is 0.299 e. The van der Waals surface area contributed by atoms with E-state index < -0.39 is 0 Å². The molecule has 1 heterocycles. The molecular weight excluding hydrogens is 210 g/mol. The molecule has 1 saturated carbocycles. The van der Waals surface area contributed by atoms with Gasteiger partial charge in [-0.15, -0.1) is 0 Å². The van der Waals surface area contributed by atoms with E-state index in [0.29, 0.717) is 17.2 Å². The Morgan fingerprint density at radius 2 is 2.33 bits per heavy atom. The standard InChI is InChI=1S/C12H14ClNO/c1-12(2)6-9(12)11(15)5-8-3-4-14-7-10(8)13/h3-4,7,9H,5-6H2,1-2H3. The van der Waals surface area contributed by atoms with Crippen LogP contribution in [0.5, 0.6) is 0 Å². The quantitative estimate of drug-likeness (QED) is 0.789. The van der Waals surface area contributed by atoms with Gasteiger partial charge < -0.3 is 0 Å². The van der Waals surface area contributed by atoms with E-state index >= 15 is 0 Å². The van der Waals surface area contributed by atoms with Gasteiger partial charge in [0.25, 0.3) is 0 Å². The fourth-order valence-electron chi connectivity index (χ4n) is 1.88. The second-order valence-corrected chi connectivity index (χ2v) is 5.26.